The standard InChI is InChI=1S/C31H40N2O4S/c1-23(22-34)21-29(35)32-19-8-6-4-2-3-5-7-9-20-33(38(36)37)28-18-16-26-14-13-24-11-10-12-25-15-17-27(28)31(26)30(24)25/h10-18,23,34H,2-9,19-22H2,1H3,(H,32,35)(H,36,37). The van der Waals surface area contributed by atoms with Crippen LogP contribution in [-0.4, -0.2) is 39.5 Å². The minimum Gasteiger partial charge on any atom is -0.396 e. The molecule has 0 aliphatic carbocycles. The summed E-state index contributed by atoms with van der Waals surface area (Å²) < 4.78 is 24.1. The lowest BCUT2D eigenvalue weighted by atomic mass is 9.93. The van der Waals surface area contributed by atoms with Crippen molar-refractivity contribution in [1.29, 1.82) is 0 Å². The Kier molecular flexibility index (Phi) is 10.3. The first-order valence-corrected chi connectivity index (χ1v) is 15.0. The molecule has 4 rings (SSSR count). The monoisotopic (exact) mass is 536 g/mol. The molecule has 2 unspecified atom stereocenters. The molecule has 6 nitrogen and oxygen atoms in total. The van der Waals surface area contributed by atoms with Gasteiger partial charge in [0.05, 0.1) is 5.69 Å². The number of hydrogen-bond donors (Lipinski definition) is 3. The van der Waals surface area contributed by atoms with Crippen LogP contribution < -0.4 is 9.62 Å². The van der Waals surface area contributed by atoms with Gasteiger partial charge >= 0.3 is 0 Å². The Morgan fingerprint density at radius 2 is 1.42 bits per heavy atom. The SMILES string of the molecule is CC(CO)CC(=O)NCCCCCCCCCCN(c1ccc2ccc3cccc4ccc1c2c34)S(=O)O. The topological polar surface area (TPSA) is 89.9 Å². The van der Waals surface area contributed by atoms with E-state index in [1.54, 1.807) is 4.31 Å². The molecular weight excluding hydrogens is 496 g/mol. The fraction of sp³-hybridized carbons (Fsp3) is 0.452. The van der Waals surface area contributed by atoms with Crippen LogP contribution in [0.5, 0.6) is 0 Å². The summed E-state index contributed by atoms with van der Waals surface area (Å²) in [5.41, 5.74) is 0.814. The van der Waals surface area contributed by atoms with Crippen LogP contribution >= 0.6 is 0 Å². The Morgan fingerprint density at radius 3 is 2.08 bits per heavy atom. The summed E-state index contributed by atoms with van der Waals surface area (Å²) >= 11 is -2.09. The molecule has 1 amide bonds. The molecule has 4 aromatic carbocycles. The van der Waals surface area contributed by atoms with Crippen molar-refractivity contribution in [3.8, 4) is 0 Å². The molecule has 0 radical (unpaired) electrons. The third-order valence-corrected chi connectivity index (χ3v) is 8.17. The van der Waals surface area contributed by atoms with Crippen molar-refractivity contribution in [2.24, 2.45) is 5.92 Å². The van der Waals surface area contributed by atoms with E-state index in [1.807, 2.05) is 13.0 Å². The minimum atomic E-state index is -2.09. The van der Waals surface area contributed by atoms with E-state index in [4.69, 9.17) is 5.11 Å². The lowest BCUT2D eigenvalue weighted by Gasteiger charge is -2.23. The molecule has 0 heterocycles. The largest absolute Gasteiger partial charge is 0.396 e. The van der Waals surface area contributed by atoms with Crippen LogP contribution in [0.1, 0.15) is 64.7 Å². The van der Waals surface area contributed by atoms with Gasteiger partial charge in [-0.2, -0.15) is 0 Å². The summed E-state index contributed by atoms with van der Waals surface area (Å²) in [6, 6.07) is 18.8. The fourth-order valence-electron chi connectivity index (χ4n) is 5.34. The molecule has 0 spiro atoms. The smallest absolute Gasteiger partial charge is 0.261 e. The molecular formula is C31H40N2O4S. The number of anilines is 1. The Hall–Kier alpha value is -2.74. The van der Waals surface area contributed by atoms with Gasteiger partial charge in [0.2, 0.25) is 5.91 Å². The van der Waals surface area contributed by atoms with E-state index in [0.29, 0.717) is 19.5 Å². The first-order valence-electron chi connectivity index (χ1n) is 13.9. The van der Waals surface area contributed by atoms with Gasteiger partial charge in [-0.1, -0.05) is 94.0 Å². The maximum atomic E-state index is 12.4. The van der Waals surface area contributed by atoms with E-state index >= 15 is 0 Å². The van der Waals surface area contributed by atoms with Gasteiger partial charge in [0.1, 0.15) is 0 Å². The molecule has 4 aromatic rings. The number of hydrogen-bond acceptors (Lipinski definition) is 3. The second-order valence-electron chi connectivity index (χ2n) is 10.4. The molecule has 3 N–H and O–H groups in total. The number of carbonyl (C=O) groups is 1. The molecule has 0 aliphatic heterocycles. The average molecular weight is 537 g/mol. The van der Waals surface area contributed by atoms with E-state index in [0.717, 1.165) is 66.8 Å². The van der Waals surface area contributed by atoms with E-state index < -0.39 is 11.3 Å². The second-order valence-corrected chi connectivity index (χ2v) is 11.3. The number of nitrogens with zero attached hydrogens (tertiary/aromatic N) is 1. The van der Waals surface area contributed by atoms with Crippen molar-refractivity contribution in [1.82, 2.24) is 5.32 Å². The molecule has 7 heteroatoms. The van der Waals surface area contributed by atoms with Gasteiger partial charge in [-0.05, 0) is 51.8 Å². The summed E-state index contributed by atoms with van der Waals surface area (Å²) in [5, 5.41) is 18.9. The zero-order valence-electron chi connectivity index (χ0n) is 22.3. The number of nitrogens with one attached hydrogen (secondary N) is 1. The number of unbranched alkanes of at least 4 members (excludes halogenated alkanes) is 7. The van der Waals surface area contributed by atoms with Crippen molar-refractivity contribution in [3.63, 3.8) is 0 Å². The van der Waals surface area contributed by atoms with Gasteiger partial charge in [-0.25, -0.2) is 4.21 Å². The highest BCUT2D eigenvalue weighted by molar-refractivity contribution is 7.80. The molecule has 2 atom stereocenters. The minimum absolute atomic E-state index is 0.0142. The first kappa shape index (κ1) is 28.3. The van der Waals surface area contributed by atoms with Crippen LogP contribution in [0.3, 0.4) is 0 Å². The van der Waals surface area contributed by atoms with E-state index in [9.17, 15) is 13.6 Å². The van der Waals surface area contributed by atoms with Crippen molar-refractivity contribution < 1.29 is 18.7 Å². The Labute approximate surface area is 228 Å². The third-order valence-electron chi connectivity index (χ3n) is 7.42. The Balaban J connectivity index is 1.22. The van der Waals surface area contributed by atoms with E-state index in [1.165, 1.54) is 22.6 Å². The number of carbonyl (C=O) groups excluding carboxylic acids is 1. The molecule has 0 saturated carbocycles. The van der Waals surface area contributed by atoms with Crippen LogP contribution in [0.15, 0.2) is 54.6 Å². The zero-order valence-corrected chi connectivity index (χ0v) is 23.1. The number of aliphatic hydroxyl groups is 1. The highest BCUT2D eigenvalue weighted by Crippen LogP contribution is 2.39. The van der Waals surface area contributed by atoms with Crippen molar-refractivity contribution in [2.75, 3.05) is 24.0 Å². The lowest BCUT2D eigenvalue weighted by molar-refractivity contribution is -0.122. The van der Waals surface area contributed by atoms with Gasteiger partial charge in [0.15, 0.2) is 0 Å². The van der Waals surface area contributed by atoms with Gasteiger partial charge in [-0.15, -0.1) is 0 Å². The molecule has 0 fully saturated rings. The van der Waals surface area contributed by atoms with Crippen LogP contribution in [0.2, 0.25) is 0 Å². The molecule has 204 valence electrons. The average Bonchev–Trinajstić information content (AvgIpc) is 2.92. The zero-order chi connectivity index (χ0) is 26.9. The van der Waals surface area contributed by atoms with Gasteiger partial charge < -0.3 is 10.4 Å². The normalized spacial score (nSPS) is 13.3. The molecule has 0 aromatic heterocycles. The number of amides is 1. The van der Waals surface area contributed by atoms with Crippen molar-refractivity contribution in [2.45, 2.75) is 64.7 Å². The maximum Gasteiger partial charge on any atom is 0.261 e. The summed E-state index contributed by atoms with van der Waals surface area (Å²) in [6.45, 7) is 3.16. The van der Waals surface area contributed by atoms with E-state index in [-0.39, 0.29) is 18.4 Å². The van der Waals surface area contributed by atoms with Crippen LogP contribution in [0.25, 0.3) is 32.3 Å². The fourth-order valence-corrected chi connectivity index (χ4v) is 5.95. The summed E-state index contributed by atoms with van der Waals surface area (Å²) in [4.78, 5) is 11.7. The molecule has 0 aliphatic rings. The van der Waals surface area contributed by atoms with Crippen LogP contribution in [0, 0.1) is 5.92 Å². The Morgan fingerprint density at radius 1 is 0.842 bits per heavy atom. The highest BCUT2D eigenvalue weighted by atomic mass is 32.2. The molecule has 0 saturated heterocycles. The van der Waals surface area contributed by atoms with Crippen LogP contribution in [0.4, 0.5) is 5.69 Å². The third kappa shape index (κ3) is 7.01. The van der Waals surface area contributed by atoms with Crippen molar-refractivity contribution in [3.05, 3.63) is 54.6 Å². The summed E-state index contributed by atoms with van der Waals surface area (Å²) in [5.74, 6) is 0.0341. The Bertz CT molecular complexity index is 1340. The predicted octanol–water partition coefficient (Wildman–Crippen LogP) is 6.78. The quantitative estimate of drug-likeness (QED) is 0.0836. The number of rotatable bonds is 16. The van der Waals surface area contributed by atoms with Crippen LogP contribution in [-0.2, 0) is 16.1 Å². The summed E-state index contributed by atoms with van der Waals surface area (Å²) in [7, 11) is 0. The van der Waals surface area contributed by atoms with Gasteiger partial charge in [0.25, 0.3) is 11.3 Å². The van der Waals surface area contributed by atoms with Crippen molar-refractivity contribution >= 4 is 55.2 Å². The summed E-state index contributed by atoms with van der Waals surface area (Å²) in [6.07, 6.45) is 8.94. The second kappa shape index (κ2) is 13.9. The lowest BCUT2D eigenvalue weighted by Crippen LogP contribution is -2.26. The number of benzene rings is 4. The maximum absolute atomic E-state index is 12.4. The highest BCUT2D eigenvalue weighted by Gasteiger charge is 2.18. The van der Waals surface area contributed by atoms with E-state index in [2.05, 4.69) is 53.8 Å². The van der Waals surface area contributed by atoms with Gasteiger partial charge in [0, 0.05) is 31.5 Å². The number of aliphatic hydroxyl groups excluding tert-OH is 1. The van der Waals surface area contributed by atoms with Gasteiger partial charge in [-0.3, -0.25) is 13.7 Å². The molecule has 0 bridgehead atoms. The molecule has 38 heavy (non-hydrogen) atoms. The predicted molar refractivity (Wildman–Crippen MR) is 159 cm³/mol. The first-order chi connectivity index (χ1) is 18.5.